The molecule has 3 aromatic rings. The third kappa shape index (κ3) is 3.84. The van der Waals surface area contributed by atoms with E-state index in [1.54, 1.807) is 31.4 Å². The number of para-hydroxylation sites is 1. The summed E-state index contributed by atoms with van der Waals surface area (Å²) in [6, 6.07) is 14.3. The number of pyridine rings is 1. The van der Waals surface area contributed by atoms with Crippen LogP contribution in [-0.4, -0.2) is 44.0 Å². The number of Topliss-reactive ketones (excluding diaryl/α,β-unsaturated/α-hetero) is 1. The smallest absolute Gasteiger partial charge is 0.339 e. The maximum Gasteiger partial charge on any atom is 0.339 e. The fraction of sp³-hybridized carbons (Fsp3) is 0.261. The van der Waals surface area contributed by atoms with Gasteiger partial charge in [0.15, 0.2) is 12.4 Å². The van der Waals surface area contributed by atoms with E-state index in [0.29, 0.717) is 23.4 Å². The van der Waals surface area contributed by atoms with Crippen LogP contribution in [0.15, 0.2) is 48.5 Å². The summed E-state index contributed by atoms with van der Waals surface area (Å²) < 4.78 is 10.6. The molecule has 1 unspecified atom stereocenters. The first kappa shape index (κ1) is 19.1. The van der Waals surface area contributed by atoms with Crippen LogP contribution < -0.4 is 9.64 Å². The van der Waals surface area contributed by atoms with E-state index in [9.17, 15) is 9.59 Å². The quantitative estimate of drug-likeness (QED) is 0.531. The van der Waals surface area contributed by atoms with E-state index in [-0.39, 0.29) is 12.4 Å². The second kappa shape index (κ2) is 8.01. The molecule has 2 aromatic carbocycles. The lowest BCUT2D eigenvalue weighted by Crippen LogP contribution is -3.08. The Morgan fingerprint density at radius 2 is 1.86 bits per heavy atom. The number of carbonyl (C=O) groups excluding carboxylic acids is 2. The molecule has 0 spiro atoms. The fourth-order valence-electron chi connectivity index (χ4n) is 3.72. The maximum atomic E-state index is 13.0. The van der Waals surface area contributed by atoms with Crippen LogP contribution in [0, 0.1) is 0 Å². The van der Waals surface area contributed by atoms with Crippen molar-refractivity contribution in [3.05, 3.63) is 70.9 Å². The average molecular weight is 391 g/mol. The van der Waals surface area contributed by atoms with Gasteiger partial charge in [-0.2, -0.15) is 0 Å². The van der Waals surface area contributed by atoms with Gasteiger partial charge >= 0.3 is 5.97 Å². The first-order chi connectivity index (χ1) is 14.1. The summed E-state index contributed by atoms with van der Waals surface area (Å²) in [5.74, 6) is -0.0626. The first-order valence-corrected chi connectivity index (χ1v) is 9.63. The van der Waals surface area contributed by atoms with Crippen LogP contribution in [0.2, 0.25) is 0 Å². The number of nitrogens with one attached hydrogen (secondary N) is 1. The summed E-state index contributed by atoms with van der Waals surface area (Å²) in [4.78, 5) is 31.6. The number of ether oxygens (including phenoxy) is 2. The Balaban J connectivity index is 1.61. The van der Waals surface area contributed by atoms with Gasteiger partial charge in [-0.25, -0.2) is 4.79 Å². The molecule has 4 rings (SSSR count). The van der Waals surface area contributed by atoms with Gasteiger partial charge in [0, 0.05) is 22.9 Å². The van der Waals surface area contributed by atoms with Gasteiger partial charge in [-0.15, -0.1) is 0 Å². The Hall–Kier alpha value is -3.25. The largest absolute Gasteiger partial charge is 0.497 e. The number of hydrogen-bond acceptors (Lipinski definition) is 5. The van der Waals surface area contributed by atoms with E-state index in [0.717, 1.165) is 35.1 Å². The van der Waals surface area contributed by atoms with Crippen LogP contribution in [0.1, 0.15) is 32.0 Å². The molecule has 0 aliphatic carbocycles. The van der Waals surface area contributed by atoms with Gasteiger partial charge < -0.3 is 14.4 Å². The number of rotatable bonds is 5. The molecule has 2 heterocycles. The van der Waals surface area contributed by atoms with Crippen LogP contribution in [0.3, 0.4) is 0 Å². The molecule has 0 amide bonds. The first-order valence-electron chi connectivity index (χ1n) is 9.63. The van der Waals surface area contributed by atoms with Crippen molar-refractivity contribution in [1.82, 2.24) is 4.98 Å². The molecule has 0 fully saturated rings. The monoisotopic (exact) mass is 391 g/mol. The number of quaternary nitrogens is 1. The SMILES string of the molecule is COc1ccc(C(=O)COC(=O)c2c3c(nc4ccccc24)CC[NH+](C)C3)cc1. The van der Waals surface area contributed by atoms with E-state index in [4.69, 9.17) is 14.5 Å². The Morgan fingerprint density at radius 3 is 2.62 bits per heavy atom. The lowest BCUT2D eigenvalue weighted by Gasteiger charge is -2.24. The van der Waals surface area contributed by atoms with Gasteiger partial charge in [-0.3, -0.25) is 9.78 Å². The third-order valence-electron chi connectivity index (χ3n) is 5.30. The van der Waals surface area contributed by atoms with Crippen molar-refractivity contribution in [1.29, 1.82) is 0 Å². The number of fused-ring (bicyclic) bond motifs is 2. The van der Waals surface area contributed by atoms with E-state index >= 15 is 0 Å². The number of hydrogen-bond donors (Lipinski definition) is 1. The molecule has 6 heteroatoms. The molecule has 1 atom stereocenters. The molecule has 148 valence electrons. The number of nitrogens with zero attached hydrogens (tertiary/aromatic N) is 1. The van der Waals surface area contributed by atoms with Gasteiger partial charge in [-0.1, -0.05) is 18.2 Å². The standard InChI is InChI=1S/C23H22N2O4/c1-25-12-11-20-18(13-25)22(17-5-3-4-6-19(17)24-20)23(27)29-14-21(26)15-7-9-16(28-2)10-8-15/h3-10H,11-14H2,1-2H3/p+1. The number of aromatic nitrogens is 1. The number of likely N-dealkylation sites (N-methyl/N-ethyl adjacent to an activating group) is 1. The highest BCUT2D eigenvalue weighted by Gasteiger charge is 2.27. The maximum absolute atomic E-state index is 13.0. The molecule has 1 aliphatic rings. The number of esters is 1. The van der Waals surface area contributed by atoms with E-state index in [1.165, 1.54) is 4.90 Å². The highest BCUT2D eigenvalue weighted by molar-refractivity contribution is 6.06. The summed E-state index contributed by atoms with van der Waals surface area (Å²) in [5.41, 5.74) is 3.66. The molecule has 0 bridgehead atoms. The molecular formula is C23H23N2O4+. The van der Waals surface area contributed by atoms with Crippen molar-refractivity contribution in [2.24, 2.45) is 0 Å². The van der Waals surface area contributed by atoms with Crippen LogP contribution in [0.4, 0.5) is 0 Å². The second-order valence-corrected chi connectivity index (χ2v) is 7.29. The topological polar surface area (TPSA) is 69.9 Å². The number of benzene rings is 2. The van der Waals surface area contributed by atoms with E-state index in [1.807, 2.05) is 24.3 Å². The number of ketones is 1. The summed E-state index contributed by atoms with van der Waals surface area (Å²) in [5, 5.41) is 0.767. The molecular weight excluding hydrogens is 368 g/mol. The molecule has 0 radical (unpaired) electrons. The van der Waals surface area contributed by atoms with Gasteiger partial charge in [0.05, 0.1) is 37.5 Å². The molecule has 1 N–H and O–H groups in total. The van der Waals surface area contributed by atoms with Gasteiger partial charge in [0.25, 0.3) is 0 Å². The molecule has 29 heavy (non-hydrogen) atoms. The molecule has 1 aliphatic heterocycles. The summed E-state index contributed by atoms with van der Waals surface area (Å²) in [7, 11) is 3.66. The highest BCUT2D eigenvalue weighted by Crippen LogP contribution is 2.25. The summed E-state index contributed by atoms with van der Waals surface area (Å²) in [6.45, 7) is 1.38. The van der Waals surface area contributed by atoms with Crippen LogP contribution in [0.25, 0.3) is 10.9 Å². The predicted octanol–water partition coefficient (Wildman–Crippen LogP) is 1.85. The molecule has 1 aromatic heterocycles. The minimum Gasteiger partial charge on any atom is -0.497 e. The minimum absolute atomic E-state index is 0.254. The zero-order valence-electron chi connectivity index (χ0n) is 16.5. The van der Waals surface area contributed by atoms with Crippen LogP contribution in [-0.2, 0) is 17.7 Å². The summed E-state index contributed by atoms with van der Waals surface area (Å²) in [6.07, 6.45) is 0.817. The Labute approximate surface area is 169 Å². The number of carbonyl (C=O) groups is 2. The molecule has 0 saturated heterocycles. The van der Waals surface area contributed by atoms with Gasteiger partial charge in [0.2, 0.25) is 0 Å². The van der Waals surface area contributed by atoms with Crippen LogP contribution in [0.5, 0.6) is 5.75 Å². The Bertz CT molecular complexity index is 1080. The highest BCUT2D eigenvalue weighted by atomic mass is 16.5. The molecule has 6 nitrogen and oxygen atoms in total. The van der Waals surface area contributed by atoms with Crippen molar-refractivity contribution in [3.8, 4) is 5.75 Å². The Morgan fingerprint density at radius 1 is 1.10 bits per heavy atom. The lowest BCUT2D eigenvalue weighted by atomic mass is 9.96. The normalized spacial score (nSPS) is 15.6. The van der Waals surface area contributed by atoms with E-state index in [2.05, 4.69) is 7.05 Å². The summed E-state index contributed by atoms with van der Waals surface area (Å²) >= 11 is 0. The van der Waals surface area contributed by atoms with Crippen molar-refractivity contribution >= 4 is 22.7 Å². The third-order valence-corrected chi connectivity index (χ3v) is 5.30. The van der Waals surface area contributed by atoms with Gasteiger partial charge in [-0.05, 0) is 30.3 Å². The van der Waals surface area contributed by atoms with Crippen molar-refractivity contribution in [3.63, 3.8) is 0 Å². The van der Waals surface area contributed by atoms with Gasteiger partial charge in [0.1, 0.15) is 12.3 Å². The zero-order chi connectivity index (χ0) is 20.4. The molecule has 0 saturated carbocycles. The predicted molar refractivity (Wildman–Crippen MR) is 109 cm³/mol. The fourth-order valence-corrected chi connectivity index (χ4v) is 3.72. The van der Waals surface area contributed by atoms with E-state index < -0.39 is 5.97 Å². The zero-order valence-corrected chi connectivity index (χ0v) is 16.5. The Kier molecular flexibility index (Phi) is 5.27. The average Bonchev–Trinajstić information content (AvgIpc) is 2.75. The lowest BCUT2D eigenvalue weighted by molar-refractivity contribution is -0.895. The van der Waals surface area contributed by atoms with Crippen molar-refractivity contribution < 1.29 is 24.0 Å². The van der Waals surface area contributed by atoms with Crippen LogP contribution >= 0.6 is 0 Å². The van der Waals surface area contributed by atoms with Crippen molar-refractivity contribution in [2.45, 2.75) is 13.0 Å². The number of methoxy groups -OCH3 is 1. The minimum atomic E-state index is -0.476. The second-order valence-electron chi connectivity index (χ2n) is 7.29. The van der Waals surface area contributed by atoms with Crippen molar-refractivity contribution in [2.75, 3.05) is 27.3 Å².